The van der Waals surface area contributed by atoms with Crippen LogP contribution in [0.25, 0.3) is 0 Å². The molecule has 0 saturated heterocycles. The molecule has 0 aliphatic rings. The molecule has 0 radical (unpaired) electrons. The topological polar surface area (TPSA) is 51.1 Å². The Hall–Kier alpha value is -1.25. The fraction of sp³-hybridized carbons (Fsp3) is 0.167. The van der Waals surface area contributed by atoms with Crippen LogP contribution in [-0.4, -0.2) is 19.5 Å². The van der Waals surface area contributed by atoms with Crippen LogP contribution in [0.3, 0.4) is 0 Å². The minimum Gasteiger partial charge on any atom is -0.353 e. The summed E-state index contributed by atoms with van der Waals surface area (Å²) in [6.07, 6.45) is 3.56. The molecule has 108 valence electrons. The van der Waals surface area contributed by atoms with Crippen LogP contribution in [0.1, 0.15) is 0 Å². The summed E-state index contributed by atoms with van der Waals surface area (Å²) >= 11 is 2.86. The molecule has 0 fully saturated rings. The van der Waals surface area contributed by atoms with E-state index < -0.39 is 26.6 Å². The fourth-order valence-electron chi connectivity index (χ4n) is 1.69. The maximum Gasteiger partial charge on any atom is 0.244 e. The second-order valence-corrected chi connectivity index (χ2v) is 6.58. The van der Waals surface area contributed by atoms with Crippen LogP contribution in [0.4, 0.5) is 8.78 Å². The third kappa shape index (κ3) is 3.44. The van der Waals surface area contributed by atoms with E-state index in [9.17, 15) is 17.2 Å². The van der Waals surface area contributed by atoms with Crippen molar-refractivity contribution in [2.75, 3.05) is 6.54 Å². The van der Waals surface area contributed by atoms with Gasteiger partial charge in [-0.1, -0.05) is 0 Å². The van der Waals surface area contributed by atoms with E-state index in [0.29, 0.717) is 12.6 Å². The summed E-state index contributed by atoms with van der Waals surface area (Å²) in [5.41, 5.74) is 0. The number of nitrogens with one attached hydrogen (secondary N) is 1. The number of benzene rings is 1. The van der Waals surface area contributed by atoms with E-state index in [0.717, 1.165) is 6.07 Å². The third-order valence-electron chi connectivity index (χ3n) is 2.56. The predicted octanol–water partition coefficient (Wildman–Crippen LogP) is 2.51. The van der Waals surface area contributed by atoms with Gasteiger partial charge in [0.15, 0.2) is 0 Å². The molecule has 0 aliphatic heterocycles. The summed E-state index contributed by atoms with van der Waals surface area (Å²) in [7, 11) is -4.04. The molecule has 0 amide bonds. The van der Waals surface area contributed by atoms with Crippen molar-refractivity contribution in [3.05, 3.63) is 52.8 Å². The normalized spacial score (nSPS) is 11.8. The molecule has 8 heteroatoms. The smallest absolute Gasteiger partial charge is 0.244 e. The summed E-state index contributed by atoms with van der Waals surface area (Å²) in [4.78, 5) is -0.591. The van der Waals surface area contributed by atoms with E-state index >= 15 is 0 Å². The van der Waals surface area contributed by atoms with E-state index in [1.165, 1.54) is 0 Å². The van der Waals surface area contributed by atoms with E-state index in [4.69, 9.17) is 0 Å². The Morgan fingerprint density at radius 2 is 1.85 bits per heavy atom. The van der Waals surface area contributed by atoms with Crippen LogP contribution in [0.5, 0.6) is 0 Å². The first-order chi connectivity index (χ1) is 9.40. The molecule has 1 aromatic carbocycles. The van der Waals surface area contributed by atoms with Crippen LogP contribution >= 0.6 is 15.9 Å². The Bertz CT molecular complexity index is 679. The largest absolute Gasteiger partial charge is 0.353 e. The molecule has 0 saturated carbocycles. The van der Waals surface area contributed by atoms with E-state index in [1.807, 2.05) is 12.1 Å². The third-order valence-corrected chi connectivity index (χ3v) is 4.98. The van der Waals surface area contributed by atoms with Gasteiger partial charge >= 0.3 is 0 Å². The first kappa shape index (κ1) is 15.1. The average molecular weight is 365 g/mol. The summed E-state index contributed by atoms with van der Waals surface area (Å²) < 4.78 is 54.5. The molecule has 0 bridgehead atoms. The number of rotatable bonds is 5. The Morgan fingerprint density at radius 1 is 1.20 bits per heavy atom. The summed E-state index contributed by atoms with van der Waals surface area (Å²) in [6, 6.07) is 5.06. The molecule has 1 heterocycles. The predicted molar refractivity (Wildman–Crippen MR) is 73.7 cm³/mol. The lowest BCUT2D eigenvalue weighted by Gasteiger charge is -2.10. The maximum absolute atomic E-state index is 13.6. The lowest BCUT2D eigenvalue weighted by Crippen LogP contribution is -2.28. The monoisotopic (exact) mass is 364 g/mol. The molecule has 2 aromatic rings. The number of hydrogen-bond donors (Lipinski definition) is 1. The average Bonchev–Trinajstić information content (AvgIpc) is 2.79. The molecule has 2 rings (SSSR count). The van der Waals surface area contributed by atoms with Crippen molar-refractivity contribution in [3.8, 4) is 0 Å². The molecule has 0 aliphatic carbocycles. The van der Waals surface area contributed by atoms with Gasteiger partial charge < -0.3 is 4.57 Å². The zero-order chi connectivity index (χ0) is 14.8. The highest BCUT2D eigenvalue weighted by atomic mass is 79.9. The number of nitrogens with zero attached hydrogens (tertiary/aromatic N) is 1. The van der Waals surface area contributed by atoms with Crippen molar-refractivity contribution in [2.24, 2.45) is 0 Å². The Kier molecular flexibility index (Phi) is 4.56. The zero-order valence-electron chi connectivity index (χ0n) is 10.2. The number of aromatic nitrogens is 1. The quantitative estimate of drug-likeness (QED) is 0.885. The standard InChI is InChI=1S/C12H11BrF2N2O2S/c13-10-7-9(14)8-11(15)12(10)20(18,19)16-3-6-17-4-1-2-5-17/h1-2,4-5,7-8,16H,3,6H2. The van der Waals surface area contributed by atoms with Crippen LogP contribution in [-0.2, 0) is 16.6 Å². The van der Waals surface area contributed by atoms with Crippen molar-refractivity contribution in [1.29, 1.82) is 0 Å². The van der Waals surface area contributed by atoms with Crippen LogP contribution < -0.4 is 4.72 Å². The highest BCUT2D eigenvalue weighted by Gasteiger charge is 2.23. The van der Waals surface area contributed by atoms with Crippen molar-refractivity contribution in [1.82, 2.24) is 9.29 Å². The van der Waals surface area contributed by atoms with Gasteiger partial charge in [-0.15, -0.1) is 0 Å². The van der Waals surface area contributed by atoms with E-state index in [-0.39, 0.29) is 11.0 Å². The van der Waals surface area contributed by atoms with Crippen LogP contribution in [0.15, 0.2) is 46.0 Å². The van der Waals surface area contributed by atoms with Crippen LogP contribution in [0.2, 0.25) is 0 Å². The lowest BCUT2D eigenvalue weighted by molar-refractivity contribution is 0.538. The molecular formula is C12H11BrF2N2O2S. The molecule has 0 atom stereocenters. The number of sulfonamides is 1. The Labute approximate surface area is 123 Å². The number of halogens is 3. The van der Waals surface area contributed by atoms with Gasteiger partial charge in [0.1, 0.15) is 16.5 Å². The SMILES string of the molecule is O=S(=O)(NCCn1cccc1)c1c(F)cc(F)cc1Br. The number of hydrogen-bond acceptors (Lipinski definition) is 2. The molecule has 4 nitrogen and oxygen atoms in total. The summed E-state index contributed by atoms with van der Waals surface area (Å²) in [5, 5.41) is 0. The maximum atomic E-state index is 13.6. The molecule has 0 spiro atoms. The van der Waals surface area contributed by atoms with Gasteiger partial charge in [-0.3, -0.25) is 0 Å². The van der Waals surface area contributed by atoms with Gasteiger partial charge in [-0.2, -0.15) is 0 Å². The van der Waals surface area contributed by atoms with Gasteiger partial charge in [0, 0.05) is 36.0 Å². The first-order valence-electron chi connectivity index (χ1n) is 5.65. The lowest BCUT2D eigenvalue weighted by atomic mass is 10.3. The van der Waals surface area contributed by atoms with Crippen molar-refractivity contribution < 1.29 is 17.2 Å². The summed E-state index contributed by atoms with van der Waals surface area (Å²) in [6.45, 7) is 0.507. The second kappa shape index (κ2) is 6.02. The molecule has 20 heavy (non-hydrogen) atoms. The minimum absolute atomic E-state index is 0.0975. The Morgan fingerprint density at radius 3 is 2.45 bits per heavy atom. The fourth-order valence-corrected chi connectivity index (χ4v) is 3.87. The van der Waals surface area contributed by atoms with E-state index in [1.54, 1.807) is 17.0 Å². The zero-order valence-corrected chi connectivity index (χ0v) is 12.6. The van der Waals surface area contributed by atoms with Gasteiger partial charge in [-0.25, -0.2) is 21.9 Å². The van der Waals surface area contributed by atoms with Gasteiger partial charge in [-0.05, 0) is 34.1 Å². The Balaban J connectivity index is 2.14. The van der Waals surface area contributed by atoms with Crippen molar-refractivity contribution in [2.45, 2.75) is 11.4 Å². The van der Waals surface area contributed by atoms with Gasteiger partial charge in [0.25, 0.3) is 0 Å². The van der Waals surface area contributed by atoms with Crippen molar-refractivity contribution in [3.63, 3.8) is 0 Å². The molecule has 1 N–H and O–H groups in total. The molecule has 1 aromatic heterocycles. The highest BCUT2D eigenvalue weighted by molar-refractivity contribution is 9.10. The van der Waals surface area contributed by atoms with Crippen molar-refractivity contribution >= 4 is 26.0 Å². The summed E-state index contributed by atoms with van der Waals surface area (Å²) in [5.74, 6) is -1.98. The van der Waals surface area contributed by atoms with Gasteiger partial charge in [0.05, 0.1) is 0 Å². The first-order valence-corrected chi connectivity index (χ1v) is 7.93. The molecule has 0 unspecified atom stereocenters. The minimum atomic E-state index is -4.04. The van der Waals surface area contributed by atoms with E-state index in [2.05, 4.69) is 20.7 Å². The molecular weight excluding hydrogens is 354 g/mol. The van der Waals surface area contributed by atoms with Gasteiger partial charge in [0.2, 0.25) is 10.0 Å². The highest BCUT2D eigenvalue weighted by Crippen LogP contribution is 2.25. The van der Waals surface area contributed by atoms with Crippen LogP contribution in [0, 0.1) is 11.6 Å². The second-order valence-electron chi connectivity index (χ2n) is 4.02.